The molecule has 6 heteroatoms. The predicted molar refractivity (Wildman–Crippen MR) is 62.7 cm³/mol. The number of carboxylic acids is 1. The van der Waals surface area contributed by atoms with Gasteiger partial charge in [0.25, 0.3) is 0 Å². The Morgan fingerprint density at radius 3 is 2.47 bits per heavy atom. The lowest BCUT2D eigenvalue weighted by molar-refractivity contribution is -0.136. The summed E-state index contributed by atoms with van der Waals surface area (Å²) >= 11 is 0. The summed E-state index contributed by atoms with van der Waals surface area (Å²) in [5.74, 6) is -0.776. The van der Waals surface area contributed by atoms with Crippen molar-refractivity contribution in [2.24, 2.45) is 0 Å². The second-order valence-electron chi connectivity index (χ2n) is 2.68. The quantitative estimate of drug-likeness (QED) is 0.780. The minimum Gasteiger partial charge on any atom is -0.481 e. The number of halogens is 2. The van der Waals surface area contributed by atoms with Gasteiger partial charge in [0, 0.05) is 25.5 Å². The van der Waals surface area contributed by atoms with Crippen LogP contribution in [0.5, 0.6) is 0 Å². The first-order valence-electron chi connectivity index (χ1n) is 4.10. The maximum absolute atomic E-state index is 10.2. The fourth-order valence-corrected chi connectivity index (χ4v) is 0.929. The molecule has 1 heterocycles. The molecule has 0 saturated heterocycles. The summed E-state index contributed by atoms with van der Waals surface area (Å²) in [7, 11) is 0. The lowest BCUT2D eigenvalue weighted by atomic mass is 10.2. The van der Waals surface area contributed by atoms with E-state index in [0.717, 1.165) is 5.56 Å². The Labute approximate surface area is 101 Å². The van der Waals surface area contributed by atoms with E-state index in [1.54, 1.807) is 12.4 Å². The summed E-state index contributed by atoms with van der Waals surface area (Å²) in [4.78, 5) is 14.0. The Morgan fingerprint density at radius 1 is 1.33 bits per heavy atom. The average Bonchev–Trinajstić information content (AvgIpc) is 2.14. The van der Waals surface area contributed by atoms with Crippen LogP contribution in [-0.4, -0.2) is 22.6 Å². The van der Waals surface area contributed by atoms with E-state index in [4.69, 9.17) is 5.11 Å². The summed E-state index contributed by atoms with van der Waals surface area (Å²) in [6.45, 7) is 1.19. The smallest absolute Gasteiger partial charge is 0.304 e. The number of aromatic nitrogens is 1. The Balaban J connectivity index is 0. The van der Waals surface area contributed by atoms with Crippen LogP contribution in [0, 0.1) is 0 Å². The molecule has 0 aliphatic carbocycles. The van der Waals surface area contributed by atoms with Gasteiger partial charge in [-0.25, -0.2) is 0 Å². The van der Waals surface area contributed by atoms with E-state index in [1.165, 1.54) is 0 Å². The zero-order valence-electron chi connectivity index (χ0n) is 8.05. The fourth-order valence-electron chi connectivity index (χ4n) is 0.929. The third-order valence-corrected chi connectivity index (χ3v) is 1.59. The Kier molecular flexibility index (Phi) is 10.7. The highest BCUT2D eigenvalue weighted by Gasteiger charge is 1.95. The van der Waals surface area contributed by atoms with Gasteiger partial charge in [0.15, 0.2) is 0 Å². The van der Waals surface area contributed by atoms with Crippen LogP contribution in [0.25, 0.3) is 0 Å². The van der Waals surface area contributed by atoms with E-state index in [2.05, 4.69) is 10.3 Å². The molecule has 0 atom stereocenters. The van der Waals surface area contributed by atoms with Crippen molar-refractivity contribution in [3.63, 3.8) is 0 Å². The molecule has 15 heavy (non-hydrogen) atoms. The number of aliphatic carboxylic acids is 1. The molecule has 1 aromatic heterocycles. The molecule has 0 radical (unpaired) electrons. The lowest BCUT2D eigenvalue weighted by Crippen LogP contribution is -2.17. The van der Waals surface area contributed by atoms with Gasteiger partial charge < -0.3 is 10.4 Å². The van der Waals surface area contributed by atoms with E-state index in [9.17, 15) is 4.79 Å². The van der Waals surface area contributed by atoms with Gasteiger partial charge in [-0.2, -0.15) is 0 Å². The lowest BCUT2D eigenvalue weighted by Gasteiger charge is -2.01. The second kappa shape index (κ2) is 9.71. The van der Waals surface area contributed by atoms with Gasteiger partial charge >= 0.3 is 5.97 Å². The summed E-state index contributed by atoms with van der Waals surface area (Å²) in [6.07, 6.45) is 3.59. The number of hydrogen-bond acceptors (Lipinski definition) is 3. The molecule has 1 rings (SSSR count). The average molecular weight is 253 g/mol. The molecule has 86 valence electrons. The Hall–Kier alpha value is -0.840. The highest BCUT2D eigenvalue weighted by Crippen LogP contribution is 1.94. The third-order valence-electron chi connectivity index (χ3n) is 1.59. The monoisotopic (exact) mass is 252 g/mol. The van der Waals surface area contributed by atoms with Crippen molar-refractivity contribution in [3.05, 3.63) is 30.1 Å². The van der Waals surface area contributed by atoms with Gasteiger partial charge in [0.1, 0.15) is 0 Å². The van der Waals surface area contributed by atoms with E-state index in [1.807, 2.05) is 12.1 Å². The van der Waals surface area contributed by atoms with Crippen LogP contribution in [0.4, 0.5) is 0 Å². The minimum absolute atomic E-state index is 0. The van der Waals surface area contributed by atoms with Crippen LogP contribution >= 0.6 is 24.8 Å². The summed E-state index contributed by atoms with van der Waals surface area (Å²) in [5.41, 5.74) is 1.11. The third kappa shape index (κ3) is 8.17. The maximum atomic E-state index is 10.2. The predicted octanol–water partition coefficient (Wildman–Crippen LogP) is 1.49. The molecule has 0 unspecified atom stereocenters. The first-order chi connectivity index (χ1) is 6.29. The van der Waals surface area contributed by atoms with Crippen LogP contribution in [0.15, 0.2) is 24.5 Å². The van der Waals surface area contributed by atoms with Crippen molar-refractivity contribution in [2.45, 2.75) is 13.0 Å². The number of carbonyl (C=O) groups is 1. The highest BCUT2D eigenvalue weighted by molar-refractivity contribution is 5.85. The van der Waals surface area contributed by atoms with Crippen LogP contribution in [0.2, 0.25) is 0 Å². The van der Waals surface area contributed by atoms with Crippen molar-refractivity contribution in [2.75, 3.05) is 6.54 Å². The standard InChI is InChI=1S/C9H12N2O2.2ClH/c12-9(13)3-6-11-7-8-1-4-10-5-2-8;;/h1-2,4-5,11H,3,6-7H2,(H,12,13);2*1H. The molecule has 0 aliphatic heterocycles. The van der Waals surface area contributed by atoms with Crippen LogP contribution in [0.3, 0.4) is 0 Å². The molecule has 0 saturated carbocycles. The van der Waals surface area contributed by atoms with E-state index < -0.39 is 5.97 Å². The number of hydrogen-bond donors (Lipinski definition) is 2. The van der Waals surface area contributed by atoms with Crippen molar-refractivity contribution in [1.82, 2.24) is 10.3 Å². The normalized spacial score (nSPS) is 8.53. The molecule has 0 bridgehead atoms. The maximum Gasteiger partial charge on any atom is 0.304 e. The van der Waals surface area contributed by atoms with Crippen LogP contribution in [0.1, 0.15) is 12.0 Å². The zero-order valence-corrected chi connectivity index (χ0v) is 9.68. The number of pyridine rings is 1. The molecule has 0 aromatic carbocycles. The van der Waals surface area contributed by atoms with Gasteiger partial charge in [-0.15, -0.1) is 24.8 Å². The summed E-state index contributed by atoms with van der Waals surface area (Å²) < 4.78 is 0. The molecule has 1 aromatic rings. The van der Waals surface area contributed by atoms with Gasteiger partial charge in [0.05, 0.1) is 6.42 Å². The zero-order chi connectivity index (χ0) is 9.52. The molecule has 0 spiro atoms. The molecule has 4 nitrogen and oxygen atoms in total. The van der Waals surface area contributed by atoms with Crippen molar-refractivity contribution in [1.29, 1.82) is 0 Å². The first-order valence-corrected chi connectivity index (χ1v) is 4.10. The molecule has 0 amide bonds. The van der Waals surface area contributed by atoms with E-state index in [0.29, 0.717) is 13.1 Å². The molecule has 0 fully saturated rings. The molecular formula is C9H14Cl2N2O2. The van der Waals surface area contributed by atoms with Gasteiger partial charge in [-0.1, -0.05) is 0 Å². The van der Waals surface area contributed by atoms with E-state index in [-0.39, 0.29) is 31.2 Å². The topological polar surface area (TPSA) is 62.2 Å². The summed E-state index contributed by atoms with van der Waals surface area (Å²) in [5, 5.41) is 11.4. The number of rotatable bonds is 5. The molecular weight excluding hydrogens is 239 g/mol. The minimum atomic E-state index is -0.776. The Bertz CT molecular complexity index is 270. The van der Waals surface area contributed by atoms with Crippen molar-refractivity contribution >= 4 is 30.8 Å². The van der Waals surface area contributed by atoms with Crippen molar-refractivity contribution in [3.8, 4) is 0 Å². The van der Waals surface area contributed by atoms with E-state index >= 15 is 0 Å². The van der Waals surface area contributed by atoms with Crippen LogP contribution in [-0.2, 0) is 11.3 Å². The number of carboxylic acid groups (broad SMARTS) is 1. The van der Waals surface area contributed by atoms with Gasteiger partial charge in [-0.3, -0.25) is 9.78 Å². The van der Waals surface area contributed by atoms with Crippen molar-refractivity contribution < 1.29 is 9.90 Å². The second-order valence-corrected chi connectivity index (χ2v) is 2.68. The van der Waals surface area contributed by atoms with Gasteiger partial charge in [-0.05, 0) is 17.7 Å². The van der Waals surface area contributed by atoms with Crippen LogP contribution < -0.4 is 5.32 Å². The summed E-state index contributed by atoms with van der Waals surface area (Å²) in [6, 6.07) is 3.79. The highest BCUT2D eigenvalue weighted by atomic mass is 35.5. The fraction of sp³-hybridized carbons (Fsp3) is 0.333. The number of nitrogens with one attached hydrogen (secondary N) is 1. The van der Waals surface area contributed by atoms with Gasteiger partial charge in [0.2, 0.25) is 0 Å². The first kappa shape index (κ1) is 16.6. The molecule has 0 aliphatic rings. The number of nitrogens with zero attached hydrogens (tertiary/aromatic N) is 1. The Morgan fingerprint density at radius 2 is 1.93 bits per heavy atom. The SMILES string of the molecule is Cl.Cl.O=C(O)CCNCc1ccncc1. The largest absolute Gasteiger partial charge is 0.481 e. The molecule has 2 N–H and O–H groups in total.